The number of rotatable bonds is 7. The van der Waals surface area contributed by atoms with Crippen LogP contribution >= 0.6 is 27.7 Å². The summed E-state index contributed by atoms with van der Waals surface area (Å²) in [6.07, 6.45) is 2.55. The van der Waals surface area contributed by atoms with Crippen molar-refractivity contribution in [1.29, 1.82) is 0 Å². The molecular weight excluding hydrogens is 282 g/mol. The first-order chi connectivity index (χ1) is 7.77. The van der Waals surface area contributed by atoms with Gasteiger partial charge in [-0.25, -0.2) is 0 Å². The minimum atomic E-state index is 0.953. The van der Waals surface area contributed by atoms with Gasteiger partial charge in [0, 0.05) is 15.9 Å². The second-order valence-corrected chi connectivity index (χ2v) is 5.74. The third-order valence-corrected chi connectivity index (χ3v) is 4.41. The molecule has 90 valence electrons. The van der Waals surface area contributed by atoms with E-state index in [1.165, 1.54) is 33.5 Å². The van der Waals surface area contributed by atoms with Crippen molar-refractivity contribution in [3.63, 3.8) is 0 Å². The van der Waals surface area contributed by atoms with E-state index >= 15 is 0 Å². The van der Waals surface area contributed by atoms with Gasteiger partial charge < -0.3 is 5.32 Å². The molecule has 1 nitrogen and oxygen atoms in total. The van der Waals surface area contributed by atoms with Crippen LogP contribution in [-0.4, -0.2) is 12.3 Å². The highest BCUT2D eigenvalue weighted by Crippen LogP contribution is 2.29. The molecule has 0 atom stereocenters. The zero-order valence-electron chi connectivity index (χ0n) is 10.1. The average Bonchev–Trinajstić information content (AvgIpc) is 2.29. The van der Waals surface area contributed by atoms with Crippen LogP contribution in [0.15, 0.2) is 27.6 Å². The minimum absolute atomic E-state index is 0.953. The second-order valence-electron chi connectivity index (χ2n) is 3.75. The maximum atomic E-state index is 3.64. The van der Waals surface area contributed by atoms with E-state index in [0.717, 1.165) is 13.1 Å². The Balaban J connectivity index is 2.53. The Morgan fingerprint density at radius 2 is 2.12 bits per heavy atom. The number of hydrogen-bond acceptors (Lipinski definition) is 2. The van der Waals surface area contributed by atoms with Gasteiger partial charge in [0.1, 0.15) is 0 Å². The van der Waals surface area contributed by atoms with Gasteiger partial charge in [0.05, 0.1) is 0 Å². The first-order valence-electron chi connectivity index (χ1n) is 5.89. The summed E-state index contributed by atoms with van der Waals surface area (Å²) < 4.78 is 1.23. The summed E-state index contributed by atoms with van der Waals surface area (Å²) >= 11 is 5.58. The Morgan fingerprint density at radius 3 is 2.75 bits per heavy atom. The average molecular weight is 302 g/mol. The molecule has 3 heteroatoms. The smallest absolute Gasteiger partial charge is 0.0314 e. The normalized spacial score (nSPS) is 10.7. The second kappa shape index (κ2) is 8.15. The van der Waals surface area contributed by atoms with Crippen molar-refractivity contribution in [2.24, 2.45) is 0 Å². The molecule has 0 heterocycles. The molecule has 0 fully saturated rings. The summed E-state index contributed by atoms with van der Waals surface area (Å²) in [5.41, 5.74) is 1.34. The fourth-order valence-electron chi connectivity index (χ4n) is 1.37. The number of unbranched alkanes of at least 4 members (excludes halogenated alkanes) is 1. The van der Waals surface area contributed by atoms with Gasteiger partial charge in [0.15, 0.2) is 0 Å². The van der Waals surface area contributed by atoms with Crippen LogP contribution in [0.4, 0.5) is 0 Å². The first-order valence-corrected chi connectivity index (χ1v) is 7.67. The molecule has 0 aliphatic rings. The van der Waals surface area contributed by atoms with Gasteiger partial charge in [-0.15, -0.1) is 11.8 Å². The highest BCUT2D eigenvalue weighted by molar-refractivity contribution is 9.10. The number of halogens is 1. The van der Waals surface area contributed by atoms with Crippen LogP contribution in [0, 0.1) is 0 Å². The summed E-state index contributed by atoms with van der Waals surface area (Å²) in [6, 6.07) is 6.65. The Morgan fingerprint density at radius 1 is 1.31 bits per heavy atom. The third-order valence-electron chi connectivity index (χ3n) is 2.33. The van der Waals surface area contributed by atoms with E-state index in [2.05, 4.69) is 53.3 Å². The molecule has 0 aromatic heterocycles. The number of hydrogen-bond donors (Lipinski definition) is 1. The van der Waals surface area contributed by atoms with Crippen molar-refractivity contribution in [3.8, 4) is 0 Å². The van der Waals surface area contributed by atoms with Crippen LogP contribution in [0.1, 0.15) is 32.3 Å². The van der Waals surface area contributed by atoms with E-state index in [0.29, 0.717) is 0 Å². The summed E-state index contributed by atoms with van der Waals surface area (Å²) in [7, 11) is 0. The summed E-state index contributed by atoms with van der Waals surface area (Å²) in [6.45, 7) is 6.33. The van der Waals surface area contributed by atoms with E-state index in [-0.39, 0.29) is 0 Å². The van der Waals surface area contributed by atoms with Crippen LogP contribution < -0.4 is 5.32 Å². The standard InChI is InChI=1S/C13H20BrNS/c1-3-5-8-16-13-7-6-11(9-12(13)14)10-15-4-2/h6-7,9,15H,3-5,8,10H2,1-2H3. The lowest BCUT2D eigenvalue weighted by atomic mass is 10.2. The quantitative estimate of drug-likeness (QED) is 0.590. The Hall–Kier alpha value is 0.01000. The SMILES string of the molecule is CCCCSc1ccc(CNCC)cc1Br. The molecule has 0 radical (unpaired) electrons. The minimum Gasteiger partial charge on any atom is -0.313 e. The van der Waals surface area contributed by atoms with E-state index in [1.54, 1.807) is 0 Å². The van der Waals surface area contributed by atoms with Crippen LogP contribution in [-0.2, 0) is 6.54 Å². The van der Waals surface area contributed by atoms with E-state index in [9.17, 15) is 0 Å². The third kappa shape index (κ3) is 4.89. The predicted octanol–water partition coefficient (Wildman–Crippen LogP) is 4.45. The molecule has 0 spiro atoms. The maximum absolute atomic E-state index is 3.64. The maximum Gasteiger partial charge on any atom is 0.0314 e. The van der Waals surface area contributed by atoms with Crippen LogP contribution in [0.25, 0.3) is 0 Å². The summed E-state index contributed by atoms with van der Waals surface area (Å²) in [4.78, 5) is 1.36. The number of nitrogens with one attached hydrogen (secondary N) is 1. The molecule has 0 unspecified atom stereocenters. The van der Waals surface area contributed by atoms with E-state index in [1.807, 2.05) is 11.8 Å². The fourth-order valence-corrected chi connectivity index (χ4v) is 3.15. The molecule has 1 N–H and O–H groups in total. The van der Waals surface area contributed by atoms with Gasteiger partial charge in [-0.3, -0.25) is 0 Å². The first kappa shape index (κ1) is 14.1. The summed E-state index contributed by atoms with van der Waals surface area (Å²) in [5, 5.41) is 3.34. The van der Waals surface area contributed by atoms with Crippen molar-refractivity contribution >= 4 is 27.7 Å². The van der Waals surface area contributed by atoms with Crippen LogP contribution in [0.2, 0.25) is 0 Å². The molecule has 0 aliphatic carbocycles. The highest BCUT2D eigenvalue weighted by atomic mass is 79.9. The molecule has 1 aromatic carbocycles. The van der Waals surface area contributed by atoms with Gasteiger partial charge >= 0.3 is 0 Å². The van der Waals surface area contributed by atoms with Crippen molar-refractivity contribution in [3.05, 3.63) is 28.2 Å². The Kier molecular flexibility index (Phi) is 7.17. The molecule has 1 aromatic rings. The fraction of sp³-hybridized carbons (Fsp3) is 0.538. The van der Waals surface area contributed by atoms with E-state index < -0.39 is 0 Å². The Labute approximate surface area is 112 Å². The summed E-state index contributed by atoms with van der Waals surface area (Å²) in [5.74, 6) is 1.21. The number of thioether (sulfide) groups is 1. The van der Waals surface area contributed by atoms with Crippen molar-refractivity contribution in [2.45, 2.75) is 38.1 Å². The van der Waals surface area contributed by atoms with Crippen molar-refractivity contribution in [2.75, 3.05) is 12.3 Å². The topological polar surface area (TPSA) is 12.0 Å². The molecule has 0 saturated carbocycles. The van der Waals surface area contributed by atoms with Gasteiger partial charge in [0.2, 0.25) is 0 Å². The molecule has 0 amide bonds. The zero-order valence-corrected chi connectivity index (χ0v) is 12.5. The molecular formula is C13H20BrNS. The molecule has 0 aliphatic heterocycles. The van der Waals surface area contributed by atoms with Crippen LogP contribution in [0.5, 0.6) is 0 Å². The van der Waals surface area contributed by atoms with Crippen molar-refractivity contribution < 1.29 is 0 Å². The van der Waals surface area contributed by atoms with Gasteiger partial charge in [-0.05, 0) is 52.3 Å². The predicted molar refractivity (Wildman–Crippen MR) is 77.2 cm³/mol. The Bertz CT molecular complexity index is 315. The lowest BCUT2D eigenvalue weighted by molar-refractivity contribution is 0.726. The lowest BCUT2D eigenvalue weighted by Crippen LogP contribution is -2.11. The largest absolute Gasteiger partial charge is 0.313 e. The number of benzene rings is 1. The molecule has 0 saturated heterocycles. The molecule has 0 bridgehead atoms. The monoisotopic (exact) mass is 301 g/mol. The van der Waals surface area contributed by atoms with Crippen LogP contribution in [0.3, 0.4) is 0 Å². The van der Waals surface area contributed by atoms with Gasteiger partial charge in [0.25, 0.3) is 0 Å². The molecule has 16 heavy (non-hydrogen) atoms. The van der Waals surface area contributed by atoms with Crippen molar-refractivity contribution in [1.82, 2.24) is 5.32 Å². The van der Waals surface area contributed by atoms with Gasteiger partial charge in [-0.1, -0.05) is 26.3 Å². The van der Waals surface area contributed by atoms with E-state index in [4.69, 9.17) is 0 Å². The lowest BCUT2D eigenvalue weighted by Gasteiger charge is -2.07. The molecule has 1 rings (SSSR count). The van der Waals surface area contributed by atoms with Gasteiger partial charge in [-0.2, -0.15) is 0 Å². The highest BCUT2D eigenvalue weighted by Gasteiger charge is 2.01. The zero-order chi connectivity index (χ0) is 11.8.